The number of Topliss-reactive ketones (excluding diaryl/α,β-unsaturated/α-hetero) is 2. The Morgan fingerprint density at radius 2 is 1.04 bits per heavy atom. The molecular formula is C22H40O6. The molecule has 0 bridgehead atoms. The Kier molecular flexibility index (Phi) is 22.0. The molecule has 0 heterocycles. The van der Waals surface area contributed by atoms with Crippen molar-refractivity contribution >= 4 is 23.5 Å². The molecule has 6 heteroatoms. The maximum absolute atomic E-state index is 11.4. The zero-order valence-electron chi connectivity index (χ0n) is 18.3. The van der Waals surface area contributed by atoms with Crippen molar-refractivity contribution in [1.82, 2.24) is 0 Å². The highest BCUT2D eigenvalue weighted by Crippen LogP contribution is 2.11. The van der Waals surface area contributed by atoms with Crippen molar-refractivity contribution in [1.29, 1.82) is 0 Å². The van der Waals surface area contributed by atoms with Crippen LogP contribution in [0.15, 0.2) is 0 Å². The van der Waals surface area contributed by atoms with Crippen LogP contribution in [0.4, 0.5) is 0 Å². The van der Waals surface area contributed by atoms with Crippen molar-refractivity contribution in [3.05, 3.63) is 0 Å². The predicted molar refractivity (Wildman–Crippen MR) is 110 cm³/mol. The highest BCUT2D eigenvalue weighted by Gasteiger charge is 2.09. The van der Waals surface area contributed by atoms with E-state index in [1.807, 2.05) is 0 Å². The highest BCUT2D eigenvalue weighted by atomic mass is 16.5. The van der Waals surface area contributed by atoms with E-state index in [1.54, 1.807) is 13.8 Å². The fraction of sp³-hybridized carbons (Fsp3) is 0.818. The van der Waals surface area contributed by atoms with E-state index >= 15 is 0 Å². The third kappa shape index (κ3) is 24.3. The topological polar surface area (TPSA) is 86.7 Å². The first kappa shape index (κ1) is 28.5. The molecule has 0 aromatic rings. The summed E-state index contributed by atoms with van der Waals surface area (Å²) in [7, 11) is 0. The van der Waals surface area contributed by atoms with Crippen LogP contribution in [0, 0.1) is 0 Å². The first-order chi connectivity index (χ1) is 13.4. The molecule has 0 rings (SSSR count). The van der Waals surface area contributed by atoms with Crippen LogP contribution in [0.3, 0.4) is 0 Å². The summed E-state index contributed by atoms with van der Waals surface area (Å²) in [6, 6.07) is 0. The van der Waals surface area contributed by atoms with Crippen molar-refractivity contribution in [2.75, 3.05) is 13.2 Å². The van der Waals surface area contributed by atoms with Crippen LogP contribution in [0.25, 0.3) is 0 Å². The molecule has 0 N–H and O–H groups in total. The number of carbonyl (C=O) groups excluding carboxylic acids is 4. The van der Waals surface area contributed by atoms with Gasteiger partial charge in [0.1, 0.15) is 24.4 Å². The molecule has 0 saturated carbocycles. The van der Waals surface area contributed by atoms with Crippen LogP contribution in [0.5, 0.6) is 0 Å². The van der Waals surface area contributed by atoms with Crippen molar-refractivity contribution < 1.29 is 28.7 Å². The predicted octanol–water partition coefficient (Wildman–Crippen LogP) is 4.96. The summed E-state index contributed by atoms with van der Waals surface area (Å²) in [6.45, 7) is 7.74. The van der Waals surface area contributed by atoms with Gasteiger partial charge in [-0.2, -0.15) is 0 Å². The number of unbranched alkanes of at least 4 members (excludes halogenated alkanes) is 8. The summed E-state index contributed by atoms with van der Waals surface area (Å²) in [5, 5.41) is 0. The van der Waals surface area contributed by atoms with Gasteiger partial charge in [-0.25, -0.2) is 0 Å². The van der Waals surface area contributed by atoms with Crippen molar-refractivity contribution in [2.45, 2.75) is 105 Å². The molecule has 28 heavy (non-hydrogen) atoms. The molecule has 0 amide bonds. The average molecular weight is 401 g/mol. The van der Waals surface area contributed by atoms with Gasteiger partial charge < -0.3 is 9.47 Å². The van der Waals surface area contributed by atoms with Gasteiger partial charge in [-0.15, -0.1) is 0 Å². The van der Waals surface area contributed by atoms with Gasteiger partial charge in [0.15, 0.2) is 0 Å². The van der Waals surface area contributed by atoms with Gasteiger partial charge in [0.25, 0.3) is 0 Å². The SMILES string of the molecule is CCCCCCCCCCCC(=O)CC(=O)OCC.CCOC(=O)CC(C)=O. The fourth-order valence-electron chi connectivity index (χ4n) is 2.51. The second-order valence-corrected chi connectivity index (χ2v) is 6.78. The standard InChI is InChI=1S/C16H30O3.C6H10O3/c1-3-5-6-7-8-9-10-11-12-13-15(17)14-16(18)19-4-2;1-3-9-6(8)4-5(2)7/h3-14H2,1-2H3;3-4H2,1-2H3. The van der Waals surface area contributed by atoms with Crippen LogP contribution in [-0.2, 0) is 28.7 Å². The number of rotatable bonds is 16. The summed E-state index contributed by atoms with van der Waals surface area (Å²) < 4.78 is 9.24. The van der Waals surface area contributed by atoms with E-state index in [0.717, 1.165) is 12.8 Å². The lowest BCUT2D eigenvalue weighted by Crippen LogP contribution is -2.10. The van der Waals surface area contributed by atoms with Crippen LogP contribution < -0.4 is 0 Å². The molecule has 0 aliphatic heterocycles. The van der Waals surface area contributed by atoms with Crippen molar-refractivity contribution in [3.63, 3.8) is 0 Å². The molecule has 0 radical (unpaired) electrons. The normalized spacial score (nSPS) is 9.86. The largest absolute Gasteiger partial charge is 0.466 e. The van der Waals surface area contributed by atoms with E-state index < -0.39 is 5.97 Å². The lowest BCUT2D eigenvalue weighted by molar-refractivity contribution is -0.146. The lowest BCUT2D eigenvalue weighted by Gasteiger charge is -2.02. The monoisotopic (exact) mass is 400 g/mol. The average Bonchev–Trinajstić information content (AvgIpc) is 2.60. The molecule has 0 aromatic heterocycles. The highest BCUT2D eigenvalue weighted by molar-refractivity contribution is 5.95. The van der Waals surface area contributed by atoms with Crippen LogP contribution in [0.2, 0.25) is 0 Å². The molecule has 0 aliphatic carbocycles. The number of carbonyl (C=O) groups is 4. The number of hydrogen-bond donors (Lipinski definition) is 0. The Labute approximate surface area is 170 Å². The van der Waals surface area contributed by atoms with E-state index in [0.29, 0.717) is 19.6 Å². The molecule has 0 unspecified atom stereocenters. The number of ether oxygens (including phenoxy) is 2. The summed E-state index contributed by atoms with van der Waals surface area (Å²) in [5.74, 6) is -0.969. The molecule has 0 atom stereocenters. The maximum atomic E-state index is 11.4. The molecule has 164 valence electrons. The number of esters is 2. The van der Waals surface area contributed by atoms with Gasteiger partial charge in [0.05, 0.1) is 13.2 Å². The zero-order chi connectivity index (χ0) is 21.6. The number of hydrogen-bond acceptors (Lipinski definition) is 6. The lowest BCUT2D eigenvalue weighted by atomic mass is 10.0. The van der Waals surface area contributed by atoms with Crippen LogP contribution in [0.1, 0.15) is 105 Å². The minimum atomic E-state index is -0.440. The zero-order valence-corrected chi connectivity index (χ0v) is 18.3. The first-order valence-electron chi connectivity index (χ1n) is 10.7. The van der Waals surface area contributed by atoms with Gasteiger partial charge >= 0.3 is 11.9 Å². The Hall–Kier alpha value is -1.72. The van der Waals surface area contributed by atoms with Gasteiger partial charge in [0, 0.05) is 6.42 Å². The molecule has 0 spiro atoms. The second-order valence-electron chi connectivity index (χ2n) is 6.78. The summed E-state index contributed by atoms with van der Waals surface area (Å²) >= 11 is 0. The van der Waals surface area contributed by atoms with Gasteiger partial charge in [0.2, 0.25) is 0 Å². The Bertz CT molecular complexity index is 431. The fourth-order valence-corrected chi connectivity index (χ4v) is 2.51. The third-order valence-corrected chi connectivity index (χ3v) is 3.90. The van der Waals surface area contributed by atoms with Gasteiger partial charge in [-0.05, 0) is 27.2 Å². The van der Waals surface area contributed by atoms with Crippen LogP contribution >= 0.6 is 0 Å². The quantitative estimate of drug-likeness (QED) is 0.207. The molecule has 0 aliphatic rings. The molecule has 0 fully saturated rings. The molecular weight excluding hydrogens is 360 g/mol. The number of ketones is 2. The summed E-state index contributed by atoms with van der Waals surface area (Å²) in [4.78, 5) is 43.1. The minimum Gasteiger partial charge on any atom is -0.466 e. The van der Waals surface area contributed by atoms with Crippen molar-refractivity contribution in [3.8, 4) is 0 Å². The second kappa shape index (κ2) is 21.6. The molecule has 0 aromatic carbocycles. The molecule has 6 nitrogen and oxygen atoms in total. The van der Waals surface area contributed by atoms with Gasteiger partial charge in [-0.3, -0.25) is 19.2 Å². The van der Waals surface area contributed by atoms with Crippen molar-refractivity contribution in [2.24, 2.45) is 0 Å². The summed E-state index contributed by atoms with van der Waals surface area (Å²) in [5.41, 5.74) is 0. The summed E-state index contributed by atoms with van der Waals surface area (Å²) in [6.07, 6.45) is 11.5. The van der Waals surface area contributed by atoms with E-state index in [4.69, 9.17) is 4.74 Å². The Morgan fingerprint density at radius 1 is 0.607 bits per heavy atom. The van der Waals surface area contributed by atoms with Crippen LogP contribution in [-0.4, -0.2) is 36.7 Å². The first-order valence-corrected chi connectivity index (χ1v) is 10.7. The minimum absolute atomic E-state index is 0.0152. The smallest absolute Gasteiger partial charge is 0.313 e. The van der Waals surface area contributed by atoms with Gasteiger partial charge in [-0.1, -0.05) is 58.3 Å². The third-order valence-electron chi connectivity index (χ3n) is 3.90. The maximum Gasteiger partial charge on any atom is 0.313 e. The van der Waals surface area contributed by atoms with E-state index in [9.17, 15) is 19.2 Å². The molecule has 0 saturated heterocycles. The van der Waals surface area contributed by atoms with E-state index in [1.165, 1.54) is 51.9 Å². The Morgan fingerprint density at radius 3 is 1.46 bits per heavy atom. The van der Waals surface area contributed by atoms with E-state index in [2.05, 4.69) is 11.7 Å². The Balaban J connectivity index is 0. The van der Waals surface area contributed by atoms with E-state index in [-0.39, 0.29) is 30.4 Å².